The topological polar surface area (TPSA) is 52.6 Å². The van der Waals surface area contributed by atoms with Crippen molar-refractivity contribution in [3.05, 3.63) is 79.2 Å². The highest BCUT2D eigenvalue weighted by molar-refractivity contribution is 7.14. The molecule has 0 amide bonds. The molecule has 0 saturated carbocycles. The summed E-state index contributed by atoms with van der Waals surface area (Å²) in [5.74, 6) is 1.71. The van der Waals surface area contributed by atoms with Crippen molar-refractivity contribution in [2.45, 2.75) is 65.2 Å². The van der Waals surface area contributed by atoms with E-state index in [1.807, 2.05) is 36.4 Å². The highest BCUT2D eigenvalue weighted by Gasteiger charge is 2.15. The monoisotopic (exact) mass is 600 g/mol. The standard InChI is InChI=1S/C36H40O4S2/c1-3-5-7-9-23-39-35-27(11-15-29-17-19-31(25-37)41-29)13-22-34-33(35)21-14-28(36(34)40-24-10-8-6-4-2)12-16-30-18-20-32(26-38)42-30/h11-22,25-26H,3-10,23-24H2,1-2H3/b15-11+,16-12+. The van der Waals surface area contributed by atoms with E-state index in [9.17, 15) is 9.59 Å². The Morgan fingerprint density at radius 1 is 0.524 bits per heavy atom. The van der Waals surface area contributed by atoms with E-state index in [-0.39, 0.29) is 0 Å². The summed E-state index contributed by atoms with van der Waals surface area (Å²) in [4.78, 5) is 25.8. The van der Waals surface area contributed by atoms with Crippen LogP contribution in [-0.2, 0) is 0 Å². The van der Waals surface area contributed by atoms with Crippen LogP contribution in [0.5, 0.6) is 11.5 Å². The van der Waals surface area contributed by atoms with Crippen LogP contribution in [-0.4, -0.2) is 25.8 Å². The van der Waals surface area contributed by atoms with Crippen molar-refractivity contribution < 1.29 is 19.1 Å². The van der Waals surface area contributed by atoms with Gasteiger partial charge in [0.2, 0.25) is 0 Å². The van der Waals surface area contributed by atoms with Crippen molar-refractivity contribution in [1.82, 2.24) is 0 Å². The van der Waals surface area contributed by atoms with Crippen molar-refractivity contribution in [3.63, 3.8) is 0 Å². The molecule has 0 unspecified atom stereocenters. The maximum atomic E-state index is 11.2. The Labute approximate surface area is 257 Å². The number of rotatable bonds is 18. The summed E-state index contributed by atoms with van der Waals surface area (Å²) < 4.78 is 13.0. The molecule has 0 aliphatic heterocycles. The fourth-order valence-electron chi connectivity index (χ4n) is 4.76. The van der Waals surface area contributed by atoms with E-state index >= 15 is 0 Å². The Balaban J connectivity index is 1.72. The van der Waals surface area contributed by atoms with Gasteiger partial charge in [-0.05, 0) is 73.5 Å². The lowest BCUT2D eigenvalue weighted by Gasteiger charge is -2.17. The number of carbonyl (C=O) groups is 2. The first-order valence-electron chi connectivity index (χ1n) is 15.0. The molecular weight excluding hydrogens is 561 g/mol. The van der Waals surface area contributed by atoms with Gasteiger partial charge in [0.25, 0.3) is 0 Å². The summed E-state index contributed by atoms with van der Waals surface area (Å²) in [6.07, 6.45) is 19.1. The summed E-state index contributed by atoms with van der Waals surface area (Å²) >= 11 is 2.94. The number of aldehydes is 2. The second-order valence-corrected chi connectivity index (χ2v) is 12.6. The van der Waals surface area contributed by atoms with Gasteiger partial charge in [-0.2, -0.15) is 0 Å². The molecule has 0 bridgehead atoms. The van der Waals surface area contributed by atoms with Gasteiger partial charge in [-0.15, -0.1) is 22.7 Å². The van der Waals surface area contributed by atoms with Crippen LogP contribution in [0.2, 0.25) is 0 Å². The Morgan fingerprint density at radius 2 is 0.952 bits per heavy atom. The first kappa shape index (κ1) is 31.5. The molecule has 2 aromatic carbocycles. The summed E-state index contributed by atoms with van der Waals surface area (Å²) in [6, 6.07) is 16.1. The molecule has 0 saturated heterocycles. The van der Waals surface area contributed by atoms with Crippen molar-refractivity contribution >= 4 is 70.3 Å². The highest BCUT2D eigenvalue weighted by Crippen LogP contribution is 2.39. The molecule has 4 aromatic rings. The van der Waals surface area contributed by atoms with Gasteiger partial charge < -0.3 is 9.47 Å². The van der Waals surface area contributed by atoms with E-state index in [2.05, 4.69) is 50.3 Å². The van der Waals surface area contributed by atoms with Gasteiger partial charge in [-0.25, -0.2) is 0 Å². The zero-order valence-corrected chi connectivity index (χ0v) is 26.2. The molecule has 0 fully saturated rings. The first-order chi connectivity index (χ1) is 20.7. The minimum absolute atomic E-state index is 0.653. The average Bonchev–Trinajstić information content (AvgIpc) is 3.68. The lowest BCUT2D eigenvalue weighted by atomic mass is 10.0. The molecular formula is C36H40O4S2. The van der Waals surface area contributed by atoms with Gasteiger partial charge in [0.1, 0.15) is 11.5 Å². The van der Waals surface area contributed by atoms with E-state index < -0.39 is 0 Å². The van der Waals surface area contributed by atoms with Crippen LogP contribution in [0.25, 0.3) is 35.1 Å². The Bertz CT molecular complexity index is 1390. The lowest BCUT2D eigenvalue weighted by Crippen LogP contribution is -2.02. The van der Waals surface area contributed by atoms with Gasteiger partial charge in [-0.3, -0.25) is 9.59 Å². The quantitative estimate of drug-likeness (QED) is 0.0842. The molecule has 0 aliphatic rings. The normalized spacial score (nSPS) is 11.6. The van der Waals surface area contributed by atoms with Gasteiger partial charge >= 0.3 is 0 Å². The second kappa shape index (κ2) is 16.8. The van der Waals surface area contributed by atoms with Crippen LogP contribution in [0.3, 0.4) is 0 Å². The molecule has 0 aliphatic carbocycles. The van der Waals surface area contributed by atoms with Crippen LogP contribution in [0, 0.1) is 0 Å². The third-order valence-corrected chi connectivity index (χ3v) is 8.99. The predicted octanol–water partition coefficient (Wildman–Crippen LogP) is 10.8. The van der Waals surface area contributed by atoms with Crippen LogP contribution in [0.4, 0.5) is 0 Å². The number of hydrogen-bond donors (Lipinski definition) is 0. The van der Waals surface area contributed by atoms with Crippen LogP contribution in [0.15, 0.2) is 48.5 Å². The zero-order valence-electron chi connectivity index (χ0n) is 24.6. The Hall–Kier alpha value is -3.48. The summed E-state index contributed by atoms with van der Waals surface area (Å²) in [7, 11) is 0. The molecule has 42 heavy (non-hydrogen) atoms. The molecule has 4 rings (SSSR count). The highest BCUT2D eigenvalue weighted by atomic mass is 32.1. The maximum absolute atomic E-state index is 11.2. The van der Waals surface area contributed by atoms with E-state index in [1.165, 1.54) is 48.4 Å². The van der Waals surface area contributed by atoms with Gasteiger partial charge in [0.15, 0.2) is 12.6 Å². The number of thiophene rings is 2. The summed E-state index contributed by atoms with van der Waals surface area (Å²) in [6.45, 7) is 5.73. The SMILES string of the molecule is CCCCCCOc1c(/C=C/c2ccc(C=O)s2)ccc2c(OCCCCCC)c(/C=C/c3ccc(C=O)s3)ccc12. The van der Waals surface area contributed by atoms with E-state index in [0.717, 1.165) is 81.4 Å². The summed E-state index contributed by atoms with van der Waals surface area (Å²) in [5.41, 5.74) is 1.99. The van der Waals surface area contributed by atoms with Crippen molar-refractivity contribution in [2.24, 2.45) is 0 Å². The number of hydrogen-bond acceptors (Lipinski definition) is 6. The van der Waals surface area contributed by atoms with Crippen LogP contribution in [0.1, 0.15) is 105 Å². The van der Waals surface area contributed by atoms with Crippen LogP contribution >= 0.6 is 22.7 Å². The fraction of sp³-hybridized carbons (Fsp3) is 0.333. The molecule has 4 nitrogen and oxygen atoms in total. The lowest BCUT2D eigenvalue weighted by molar-refractivity contribution is 0.111. The third kappa shape index (κ3) is 8.76. The van der Waals surface area contributed by atoms with E-state index in [1.54, 1.807) is 0 Å². The number of benzene rings is 2. The van der Waals surface area contributed by atoms with E-state index in [0.29, 0.717) is 23.0 Å². The largest absolute Gasteiger partial charge is 0.492 e. The van der Waals surface area contributed by atoms with Crippen LogP contribution < -0.4 is 9.47 Å². The third-order valence-electron chi connectivity index (χ3n) is 7.03. The molecule has 0 spiro atoms. The second-order valence-electron chi connectivity index (χ2n) is 10.3. The fourth-order valence-corrected chi connectivity index (χ4v) is 6.22. The molecule has 0 radical (unpaired) electrons. The average molecular weight is 601 g/mol. The Morgan fingerprint density at radius 3 is 1.33 bits per heavy atom. The van der Waals surface area contributed by atoms with Gasteiger partial charge in [0, 0.05) is 31.7 Å². The minimum atomic E-state index is 0.653. The molecule has 220 valence electrons. The van der Waals surface area contributed by atoms with Gasteiger partial charge in [-0.1, -0.05) is 64.5 Å². The zero-order chi connectivity index (χ0) is 29.6. The van der Waals surface area contributed by atoms with E-state index in [4.69, 9.17) is 9.47 Å². The first-order valence-corrected chi connectivity index (χ1v) is 16.6. The molecule has 2 heterocycles. The predicted molar refractivity (Wildman–Crippen MR) is 180 cm³/mol. The smallest absolute Gasteiger partial charge is 0.160 e. The molecule has 2 aromatic heterocycles. The molecule has 6 heteroatoms. The number of fused-ring (bicyclic) bond motifs is 1. The Kier molecular flexibility index (Phi) is 12.6. The molecule has 0 atom stereocenters. The molecule has 0 N–H and O–H groups in total. The van der Waals surface area contributed by atoms with Crippen molar-refractivity contribution in [3.8, 4) is 11.5 Å². The number of ether oxygens (including phenoxy) is 2. The summed E-state index contributed by atoms with van der Waals surface area (Å²) in [5, 5.41) is 2.04. The number of carbonyl (C=O) groups excluding carboxylic acids is 2. The minimum Gasteiger partial charge on any atom is -0.492 e. The van der Waals surface area contributed by atoms with Crippen molar-refractivity contribution in [1.29, 1.82) is 0 Å². The maximum Gasteiger partial charge on any atom is 0.160 e. The van der Waals surface area contributed by atoms with Crippen molar-refractivity contribution in [2.75, 3.05) is 13.2 Å². The number of unbranched alkanes of at least 4 members (excludes halogenated alkanes) is 6. The van der Waals surface area contributed by atoms with Gasteiger partial charge in [0.05, 0.1) is 23.0 Å².